The van der Waals surface area contributed by atoms with Gasteiger partial charge in [-0.05, 0) is 60.7 Å². The van der Waals surface area contributed by atoms with Gasteiger partial charge in [-0.2, -0.15) is 28.1 Å². The van der Waals surface area contributed by atoms with Crippen molar-refractivity contribution in [2.45, 2.75) is 26.1 Å². The number of alkyl halides is 3. The molecule has 1 aromatic heterocycles. The van der Waals surface area contributed by atoms with Crippen LogP contribution < -0.4 is 10.1 Å². The van der Waals surface area contributed by atoms with Crippen molar-refractivity contribution in [3.8, 4) is 6.01 Å². The van der Waals surface area contributed by atoms with E-state index in [-0.39, 0.29) is 17.8 Å². The molecule has 9 heteroatoms. The molecule has 1 heterocycles. The average Bonchev–Trinajstić information content (AvgIpc) is 2.39. The molecule has 118 valence electrons. The number of aryl methyl sites for hydroxylation is 1. The molecule has 5 nitrogen and oxygen atoms in total. The van der Waals surface area contributed by atoms with Gasteiger partial charge in [-0.1, -0.05) is 0 Å². The van der Waals surface area contributed by atoms with Crippen LogP contribution in [0.3, 0.4) is 0 Å². The molecule has 0 amide bonds. The fourth-order valence-electron chi connectivity index (χ4n) is 1.45. The van der Waals surface area contributed by atoms with E-state index in [0.717, 1.165) is 10.5 Å². The Bertz CT molecular complexity index is 649. The van der Waals surface area contributed by atoms with Gasteiger partial charge in [-0.25, -0.2) is 0 Å². The highest BCUT2D eigenvalue weighted by Gasteiger charge is 2.38. The van der Waals surface area contributed by atoms with Gasteiger partial charge in [-0.15, -0.1) is 0 Å². The van der Waals surface area contributed by atoms with Crippen LogP contribution in [0.1, 0.15) is 12.7 Å². The third-order valence-corrected chi connectivity index (χ3v) is 3.29. The molecule has 0 radical (unpaired) electrons. The van der Waals surface area contributed by atoms with Gasteiger partial charge in [0.2, 0.25) is 5.95 Å². The molecule has 0 bridgehead atoms. The smallest absolute Gasteiger partial charge is 0.425 e. The number of nitrogens with one attached hydrogen (secondary N) is 1. The van der Waals surface area contributed by atoms with Gasteiger partial charge >= 0.3 is 12.2 Å². The zero-order chi connectivity index (χ0) is 16.3. The van der Waals surface area contributed by atoms with E-state index in [9.17, 15) is 13.2 Å². The van der Waals surface area contributed by atoms with Crippen LogP contribution in [0.2, 0.25) is 0 Å². The van der Waals surface area contributed by atoms with Gasteiger partial charge in [0.1, 0.15) is 5.82 Å². The van der Waals surface area contributed by atoms with E-state index < -0.39 is 12.3 Å². The minimum atomic E-state index is -4.48. The lowest BCUT2D eigenvalue weighted by Crippen LogP contribution is -2.32. The molecular weight excluding hydrogens is 412 g/mol. The van der Waals surface area contributed by atoms with Gasteiger partial charge in [-0.3, -0.25) is 0 Å². The number of halogens is 4. The van der Waals surface area contributed by atoms with Crippen molar-refractivity contribution in [3.63, 3.8) is 0 Å². The lowest BCUT2D eigenvalue weighted by atomic mass is 10.3. The fourth-order valence-corrected chi connectivity index (χ4v) is 1.81. The number of anilines is 2. The summed E-state index contributed by atoms with van der Waals surface area (Å²) in [5, 5.41) is 2.90. The van der Waals surface area contributed by atoms with Crippen molar-refractivity contribution in [1.82, 2.24) is 15.0 Å². The van der Waals surface area contributed by atoms with Crippen molar-refractivity contribution >= 4 is 34.2 Å². The molecule has 22 heavy (non-hydrogen) atoms. The predicted octanol–water partition coefficient (Wildman–Crippen LogP) is 3.86. The van der Waals surface area contributed by atoms with Crippen LogP contribution in [0, 0.1) is 10.5 Å². The van der Waals surface area contributed by atoms with E-state index in [2.05, 4.69) is 42.9 Å². The van der Waals surface area contributed by atoms with Crippen molar-refractivity contribution in [1.29, 1.82) is 0 Å². The largest absolute Gasteiger partial charge is 0.451 e. The second-order valence-corrected chi connectivity index (χ2v) is 5.67. The Morgan fingerprint density at radius 3 is 2.36 bits per heavy atom. The lowest BCUT2D eigenvalue weighted by Gasteiger charge is -2.16. The Labute approximate surface area is 138 Å². The Kier molecular flexibility index (Phi) is 5.04. The molecule has 1 N–H and O–H groups in total. The number of hydrogen-bond donors (Lipinski definition) is 1. The van der Waals surface area contributed by atoms with Crippen LogP contribution in [-0.4, -0.2) is 27.2 Å². The maximum absolute atomic E-state index is 12.5. The van der Waals surface area contributed by atoms with Crippen molar-refractivity contribution in [2.24, 2.45) is 0 Å². The normalized spacial score (nSPS) is 12.8. The summed E-state index contributed by atoms with van der Waals surface area (Å²) >= 11 is 2.16. The van der Waals surface area contributed by atoms with Crippen molar-refractivity contribution < 1.29 is 17.9 Å². The topological polar surface area (TPSA) is 59.9 Å². The van der Waals surface area contributed by atoms with Crippen LogP contribution in [0.5, 0.6) is 6.01 Å². The number of hydrogen-bond acceptors (Lipinski definition) is 5. The summed E-state index contributed by atoms with van der Waals surface area (Å²) in [5.74, 6) is 0.380. The number of aromatic nitrogens is 3. The number of nitrogens with zero attached hydrogens (tertiary/aromatic N) is 3. The molecule has 0 fully saturated rings. The first kappa shape index (κ1) is 16.7. The van der Waals surface area contributed by atoms with Crippen LogP contribution in [0.25, 0.3) is 0 Å². The maximum atomic E-state index is 12.5. The highest BCUT2D eigenvalue weighted by Crippen LogP contribution is 2.24. The third-order valence-electron chi connectivity index (χ3n) is 2.57. The maximum Gasteiger partial charge on any atom is 0.425 e. The summed E-state index contributed by atoms with van der Waals surface area (Å²) in [7, 11) is 0. The van der Waals surface area contributed by atoms with Crippen LogP contribution in [0.15, 0.2) is 24.3 Å². The second-order valence-electron chi connectivity index (χ2n) is 4.42. The molecule has 0 aliphatic heterocycles. The summed E-state index contributed by atoms with van der Waals surface area (Å²) in [4.78, 5) is 11.6. The molecule has 0 aliphatic carbocycles. The first-order valence-corrected chi connectivity index (χ1v) is 7.30. The predicted molar refractivity (Wildman–Crippen MR) is 83.2 cm³/mol. The Hall–Kier alpha value is -1.65. The molecular formula is C13H12F3IN4O. The molecule has 1 atom stereocenters. The lowest BCUT2D eigenvalue weighted by molar-refractivity contribution is -0.190. The number of ether oxygens (including phenoxy) is 1. The van der Waals surface area contributed by atoms with E-state index in [1.54, 1.807) is 19.1 Å². The summed E-state index contributed by atoms with van der Waals surface area (Å²) in [6.07, 6.45) is -6.48. The number of benzene rings is 1. The summed E-state index contributed by atoms with van der Waals surface area (Å²) in [6, 6.07) is 6.99. The van der Waals surface area contributed by atoms with E-state index in [1.165, 1.54) is 0 Å². The van der Waals surface area contributed by atoms with Gasteiger partial charge < -0.3 is 10.1 Å². The monoisotopic (exact) mass is 424 g/mol. The quantitative estimate of drug-likeness (QED) is 0.756. The van der Waals surface area contributed by atoms with Crippen molar-refractivity contribution in [2.75, 3.05) is 5.32 Å². The standard InChI is InChI=1S/C13H12F3IN4O/c1-7(13(14,15)16)22-12-19-8(2)18-11(21-12)20-10-5-3-9(17)4-6-10/h3-7H,1-2H3,(H,18,19,20,21). The zero-order valence-corrected chi connectivity index (χ0v) is 13.8. The fraction of sp³-hybridized carbons (Fsp3) is 0.308. The highest BCUT2D eigenvalue weighted by molar-refractivity contribution is 14.1. The van der Waals surface area contributed by atoms with E-state index in [0.29, 0.717) is 5.69 Å². The summed E-state index contributed by atoms with van der Waals surface area (Å²) in [6.45, 7) is 2.44. The zero-order valence-electron chi connectivity index (χ0n) is 11.6. The molecule has 1 unspecified atom stereocenters. The van der Waals surface area contributed by atoms with E-state index in [4.69, 9.17) is 4.74 Å². The molecule has 1 aromatic carbocycles. The molecule has 0 spiro atoms. The van der Waals surface area contributed by atoms with E-state index >= 15 is 0 Å². The number of rotatable bonds is 4. The Morgan fingerprint density at radius 2 is 1.77 bits per heavy atom. The Morgan fingerprint density at radius 1 is 1.14 bits per heavy atom. The van der Waals surface area contributed by atoms with Crippen molar-refractivity contribution in [3.05, 3.63) is 33.7 Å². The van der Waals surface area contributed by atoms with Crippen LogP contribution in [0.4, 0.5) is 24.8 Å². The van der Waals surface area contributed by atoms with Gasteiger partial charge in [0.25, 0.3) is 0 Å². The summed E-state index contributed by atoms with van der Waals surface area (Å²) < 4.78 is 43.3. The van der Waals surface area contributed by atoms with Gasteiger partial charge in [0.15, 0.2) is 6.10 Å². The minimum Gasteiger partial charge on any atom is -0.451 e. The van der Waals surface area contributed by atoms with E-state index in [1.807, 2.05) is 12.1 Å². The molecule has 2 aromatic rings. The van der Waals surface area contributed by atoms with Gasteiger partial charge in [0.05, 0.1) is 0 Å². The first-order valence-electron chi connectivity index (χ1n) is 6.22. The summed E-state index contributed by atoms with van der Waals surface area (Å²) in [5.41, 5.74) is 0.709. The van der Waals surface area contributed by atoms with Gasteiger partial charge in [0, 0.05) is 9.26 Å². The molecule has 2 rings (SSSR count). The minimum absolute atomic E-state index is 0.123. The highest BCUT2D eigenvalue weighted by atomic mass is 127. The first-order chi connectivity index (χ1) is 10.2. The molecule has 0 saturated carbocycles. The third kappa shape index (κ3) is 4.68. The van der Waals surface area contributed by atoms with Crippen LogP contribution >= 0.6 is 22.6 Å². The Balaban J connectivity index is 2.18. The van der Waals surface area contributed by atoms with Crippen LogP contribution in [-0.2, 0) is 0 Å². The molecule has 0 aliphatic rings. The molecule has 0 saturated heterocycles. The SMILES string of the molecule is Cc1nc(Nc2ccc(I)cc2)nc(OC(C)C(F)(F)F)n1. The average molecular weight is 424 g/mol. The second kappa shape index (κ2) is 6.63.